The minimum Gasteiger partial charge on any atom is -0.384 e. The smallest absolute Gasteiger partial charge is 0.134 e. The van der Waals surface area contributed by atoms with Crippen LogP contribution in [0.3, 0.4) is 0 Å². The van der Waals surface area contributed by atoms with Crippen molar-refractivity contribution in [3.8, 4) is 10.6 Å². The number of nitrogens with one attached hydrogen (secondary N) is 1. The number of fused-ring (bicyclic) bond motifs is 1. The molecule has 0 saturated carbocycles. The van der Waals surface area contributed by atoms with Gasteiger partial charge in [-0.25, -0.2) is 9.37 Å². The topological polar surface area (TPSA) is 28.2 Å². The fraction of sp³-hybridized carbons (Fsp3) is 0.235. The quantitative estimate of drug-likeness (QED) is 0.721. The summed E-state index contributed by atoms with van der Waals surface area (Å²) in [6.07, 6.45) is 0. The highest BCUT2D eigenvalue weighted by Crippen LogP contribution is 2.36. The predicted molar refractivity (Wildman–Crippen MR) is 97.1 cm³/mol. The number of halogens is 2. The van der Waals surface area contributed by atoms with Crippen LogP contribution in [0.25, 0.3) is 20.8 Å². The van der Waals surface area contributed by atoms with Gasteiger partial charge in [-0.2, -0.15) is 0 Å². The summed E-state index contributed by atoms with van der Waals surface area (Å²) < 4.78 is 15.1. The Morgan fingerprint density at radius 2 is 2.09 bits per heavy atom. The average molecular weight is 350 g/mol. The lowest BCUT2D eigenvalue weighted by Crippen LogP contribution is -2.20. The molecule has 3 nitrogen and oxygen atoms in total. The van der Waals surface area contributed by atoms with Crippen molar-refractivity contribution >= 4 is 38.8 Å². The number of hydrogen-bond acceptors (Lipinski definition) is 4. The third kappa shape index (κ3) is 3.63. The van der Waals surface area contributed by atoms with Crippen molar-refractivity contribution in [1.82, 2.24) is 9.88 Å². The second-order valence-corrected chi connectivity index (χ2v) is 6.97. The van der Waals surface area contributed by atoms with Crippen molar-refractivity contribution in [3.63, 3.8) is 0 Å². The molecule has 0 fully saturated rings. The van der Waals surface area contributed by atoms with Crippen molar-refractivity contribution in [3.05, 3.63) is 47.2 Å². The van der Waals surface area contributed by atoms with Crippen LogP contribution < -0.4 is 5.32 Å². The van der Waals surface area contributed by atoms with E-state index < -0.39 is 0 Å². The van der Waals surface area contributed by atoms with E-state index in [4.69, 9.17) is 11.6 Å². The van der Waals surface area contributed by atoms with Gasteiger partial charge in [-0.15, -0.1) is 11.3 Å². The Morgan fingerprint density at radius 3 is 2.83 bits per heavy atom. The Labute approximate surface area is 143 Å². The van der Waals surface area contributed by atoms with E-state index in [2.05, 4.69) is 15.2 Å². The summed E-state index contributed by atoms with van der Waals surface area (Å²) in [5.74, 6) is -0.346. The number of hydrogen-bond donors (Lipinski definition) is 1. The monoisotopic (exact) mass is 349 g/mol. The molecule has 0 aliphatic rings. The maximum atomic E-state index is 14.1. The molecule has 1 aromatic heterocycles. The molecular weight excluding hydrogens is 333 g/mol. The fourth-order valence-corrected chi connectivity index (χ4v) is 3.59. The van der Waals surface area contributed by atoms with Gasteiger partial charge in [0.2, 0.25) is 0 Å². The van der Waals surface area contributed by atoms with Crippen LogP contribution in [0, 0.1) is 5.82 Å². The lowest BCUT2D eigenvalue weighted by Gasteiger charge is -2.11. The molecule has 1 heterocycles. The van der Waals surface area contributed by atoms with Gasteiger partial charge >= 0.3 is 0 Å². The summed E-state index contributed by atoms with van der Waals surface area (Å²) in [5, 5.41) is 4.35. The van der Waals surface area contributed by atoms with Crippen molar-refractivity contribution in [2.24, 2.45) is 0 Å². The summed E-state index contributed by atoms with van der Waals surface area (Å²) in [5.41, 5.74) is 2.23. The fourth-order valence-electron chi connectivity index (χ4n) is 2.27. The van der Waals surface area contributed by atoms with E-state index in [9.17, 15) is 4.39 Å². The second kappa shape index (κ2) is 6.83. The molecule has 0 aliphatic heterocycles. The first-order valence-corrected chi connectivity index (χ1v) is 8.47. The number of anilines is 1. The van der Waals surface area contributed by atoms with Gasteiger partial charge in [0.15, 0.2) is 0 Å². The van der Waals surface area contributed by atoms with Crippen LogP contribution in [0.5, 0.6) is 0 Å². The molecule has 6 heteroatoms. The zero-order valence-electron chi connectivity index (χ0n) is 12.9. The summed E-state index contributed by atoms with van der Waals surface area (Å²) in [4.78, 5) is 6.67. The van der Waals surface area contributed by atoms with E-state index >= 15 is 0 Å². The number of thiazole rings is 1. The summed E-state index contributed by atoms with van der Waals surface area (Å²) in [6, 6.07) is 10.7. The summed E-state index contributed by atoms with van der Waals surface area (Å²) in [6.45, 7) is 1.81. The molecule has 3 rings (SSSR count). The van der Waals surface area contributed by atoms with Gasteiger partial charge in [0.1, 0.15) is 10.8 Å². The SMILES string of the molecule is CN(C)CCNc1ccc2sc(-c3c(F)cccc3Cl)nc2c1. The van der Waals surface area contributed by atoms with Gasteiger partial charge in [0, 0.05) is 18.8 Å². The first-order valence-electron chi connectivity index (χ1n) is 7.28. The third-order valence-corrected chi connectivity index (χ3v) is 4.82. The molecule has 120 valence electrons. The minimum atomic E-state index is -0.346. The highest BCUT2D eigenvalue weighted by molar-refractivity contribution is 7.21. The molecule has 0 bridgehead atoms. The maximum Gasteiger partial charge on any atom is 0.134 e. The van der Waals surface area contributed by atoms with Crippen LogP contribution in [0.1, 0.15) is 0 Å². The average Bonchev–Trinajstić information content (AvgIpc) is 2.89. The van der Waals surface area contributed by atoms with Crippen molar-refractivity contribution < 1.29 is 4.39 Å². The second-order valence-electron chi connectivity index (χ2n) is 5.53. The number of likely N-dealkylation sites (N-methyl/N-ethyl adjacent to an activating group) is 1. The van der Waals surface area contributed by atoms with Gasteiger partial charge in [-0.3, -0.25) is 0 Å². The molecule has 2 aromatic carbocycles. The van der Waals surface area contributed by atoms with Crippen molar-refractivity contribution in [1.29, 1.82) is 0 Å². The molecule has 0 amide bonds. The summed E-state index contributed by atoms with van der Waals surface area (Å²) >= 11 is 7.58. The zero-order valence-corrected chi connectivity index (χ0v) is 14.5. The van der Waals surface area contributed by atoms with Gasteiger partial charge in [0.05, 0.1) is 20.8 Å². The van der Waals surface area contributed by atoms with Crippen LogP contribution in [-0.2, 0) is 0 Å². The van der Waals surface area contributed by atoms with E-state index in [1.807, 2.05) is 32.3 Å². The standard InChI is InChI=1S/C17H17ClFN3S/c1-22(2)9-8-20-11-6-7-15-14(10-11)21-17(23-15)16-12(18)4-3-5-13(16)19/h3-7,10,20H,8-9H2,1-2H3. The highest BCUT2D eigenvalue weighted by atomic mass is 35.5. The number of rotatable bonds is 5. The molecule has 23 heavy (non-hydrogen) atoms. The Kier molecular flexibility index (Phi) is 4.80. The predicted octanol–water partition coefficient (Wildman–Crippen LogP) is 4.73. The Morgan fingerprint density at radius 1 is 1.26 bits per heavy atom. The number of nitrogens with zero attached hydrogens (tertiary/aromatic N) is 2. The molecule has 0 atom stereocenters. The minimum absolute atomic E-state index is 0.346. The van der Waals surface area contributed by atoms with Crippen LogP contribution in [0.15, 0.2) is 36.4 Å². The van der Waals surface area contributed by atoms with Gasteiger partial charge in [-0.1, -0.05) is 17.7 Å². The molecule has 0 unspecified atom stereocenters. The Hall–Kier alpha value is -1.69. The van der Waals surface area contributed by atoms with Crippen molar-refractivity contribution in [2.45, 2.75) is 0 Å². The molecular formula is C17H17ClFN3S. The van der Waals surface area contributed by atoms with Gasteiger partial charge < -0.3 is 10.2 Å². The van der Waals surface area contributed by atoms with E-state index in [1.165, 1.54) is 17.4 Å². The normalized spacial score (nSPS) is 11.3. The Balaban J connectivity index is 1.90. The molecule has 0 spiro atoms. The van der Waals surface area contributed by atoms with Crippen LogP contribution in [-0.4, -0.2) is 37.1 Å². The van der Waals surface area contributed by atoms with E-state index in [0.717, 1.165) is 29.0 Å². The summed E-state index contributed by atoms with van der Waals surface area (Å²) in [7, 11) is 4.07. The maximum absolute atomic E-state index is 14.1. The van der Waals surface area contributed by atoms with Crippen LogP contribution in [0.4, 0.5) is 10.1 Å². The molecule has 0 radical (unpaired) electrons. The van der Waals surface area contributed by atoms with Gasteiger partial charge in [0.25, 0.3) is 0 Å². The first-order chi connectivity index (χ1) is 11.0. The van der Waals surface area contributed by atoms with E-state index in [-0.39, 0.29) is 5.82 Å². The molecule has 0 saturated heterocycles. The van der Waals surface area contributed by atoms with E-state index in [1.54, 1.807) is 12.1 Å². The van der Waals surface area contributed by atoms with Gasteiger partial charge in [-0.05, 0) is 44.4 Å². The highest BCUT2D eigenvalue weighted by Gasteiger charge is 2.14. The lowest BCUT2D eigenvalue weighted by molar-refractivity contribution is 0.425. The lowest BCUT2D eigenvalue weighted by atomic mass is 10.2. The van der Waals surface area contributed by atoms with Crippen LogP contribution in [0.2, 0.25) is 5.02 Å². The molecule has 3 aromatic rings. The zero-order chi connectivity index (χ0) is 16.4. The van der Waals surface area contributed by atoms with Crippen LogP contribution >= 0.6 is 22.9 Å². The first kappa shape index (κ1) is 16.2. The molecule has 0 aliphatic carbocycles. The number of benzene rings is 2. The third-order valence-electron chi connectivity index (χ3n) is 3.45. The largest absolute Gasteiger partial charge is 0.384 e. The number of aromatic nitrogens is 1. The van der Waals surface area contributed by atoms with Crippen molar-refractivity contribution in [2.75, 3.05) is 32.5 Å². The molecule has 1 N–H and O–H groups in total. The Bertz CT molecular complexity index is 812. The van der Waals surface area contributed by atoms with E-state index in [0.29, 0.717) is 15.6 Å².